The van der Waals surface area contributed by atoms with Crippen molar-refractivity contribution in [1.29, 1.82) is 0 Å². The molecule has 0 spiro atoms. The molecule has 40 heavy (non-hydrogen) atoms. The summed E-state index contributed by atoms with van der Waals surface area (Å²) in [4.78, 5) is 38.7. The number of nitrogens with zero attached hydrogens (tertiary/aromatic N) is 1. The van der Waals surface area contributed by atoms with Crippen LogP contribution in [0.1, 0.15) is 42.9 Å². The number of amides is 2. The molecule has 7 nitrogen and oxygen atoms in total. The van der Waals surface area contributed by atoms with E-state index in [1.54, 1.807) is 24.3 Å². The molecule has 3 aromatic carbocycles. The Morgan fingerprint density at radius 2 is 1.77 bits per heavy atom. The number of aryl methyl sites for hydroxylation is 1. The highest BCUT2D eigenvalue weighted by atomic mass is 19.4. The molecule has 0 aliphatic carbocycles. The summed E-state index contributed by atoms with van der Waals surface area (Å²) in [6.45, 7) is 5.54. The number of ether oxygens (including phenoxy) is 2. The summed E-state index contributed by atoms with van der Waals surface area (Å²) in [7, 11) is 0. The fourth-order valence-corrected chi connectivity index (χ4v) is 4.37. The summed E-state index contributed by atoms with van der Waals surface area (Å²) >= 11 is 0. The van der Waals surface area contributed by atoms with Gasteiger partial charge < -0.3 is 19.7 Å². The molecule has 1 aliphatic rings. The zero-order valence-corrected chi connectivity index (χ0v) is 22.2. The number of esters is 1. The summed E-state index contributed by atoms with van der Waals surface area (Å²) in [5, 5.41) is 2.27. The lowest BCUT2D eigenvalue weighted by Gasteiger charge is -2.18. The number of carbonyl (C=O) groups is 3. The second-order valence-corrected chi connectivity index (χ2v) is 9.93. The van der Waals surface area contributed by atoms with Gasteiger partial charge in [0, 0.05) is 24.3 Å². The van der Waals surface area contributed by atoms with Crippen LogP contribution < -0.4 is 15.0 Å². The van der Waals surface area contributed by atoms with E-state index in [0.717, 1.165) is 35.1 Å². The Balaban J connectivity index is 1.32. The van der Waals surface area contributed by atoms with Crippen LogP contribution in [0.15, 0.2) is 66.7 Å². The molecule has 0 saturated carbocycles. The number of halogens is 3. The molecule has 1 atom stereocenters. The van der Waals surface area contributed by atoms with Crippen molar-refractivity contribution in [2.24, 2.45) is 5.92 Å². The maximum atomic E-state index is 12.9. The highest BCUT2D eigenvalue weighted by Gasteiger charge is 2.36. The molecule has 1 aliphatic heterocycles. The van der Waals surface area contributed by atoms with Gasteiger partial charge in [0.15, 0.2) is 6.61 Å². The first-order chi connectivity index (χ1) is 18.9. The summed E-state index contributed by atoms with van der Waals surface area (Å²) in [5.74, 6) is -0.948. The minimum Gasteiger partial charge on any atom is -0.457 e. The van der Waals surface area contributed by atoms with Gasteiger partial charge in [-0.2, -0.15) is 13.2 Å². The molecular formula is C30H29F3N2O5. The molecule has 210 valence electrons. The second-order valence-electron chi connectivity index (χ2n) is 9.93. The van der Waals surface area contributed by atoms with E-state index in [9.17, 15) is 27.6 Å². The molecule has 3 aromatic rings. The fraction of sp³-hybridized carbons (Fsp3) is 0.300. The van der Waals surface area contributed by atoms with Crippen molar-refractivity contribution in [2.75, 3.05) is 23.4 Å². The monoisotopic (exact) mass is 554 g/mol. The van der Waals surface area contributed by atoms with Gasteiger partial charge in [-0.25, -0.2) is 0 Å². The Morgan fingerprint density at radius 1 is 1.05 bits per heavy atom. The number of hydrogen-bond acceptors (Lipinski definition) is 5. The molecule has 0 radical (unpaired) electrons. The zero-order chi connectivity index (χ0) is 29.0. The van der Waals surface area contributed by atoms with Crippen LogP contribution in [0.5, 0.6) is 11.5 Å². The van der Waals surface area contributed by atoms with Crippen LogP contribution in [-0.2, 0) is 25.3 Å². The lowest BCUT2D eigenvalue weighted by Crippen LogP contribution is -2.28. The van der Waals surface area contributed by atoms with E-state index in [1.807, 2.05) is 25.1 Å². The summed E-state index contributed by atoms with van der Waals surface area (Å²) in [6.07, 6.45) is -4.65. The summed E-state index contributed by atoms with van der Waals surface area (Å²) < 4.78 is 49.7. The van der Waals surface area contributed by atoms with Crippen LogP contribution in [-0.4, -0.2) is 30.9 Å². The Morgan fingerprint density at radius 3 is 2.45 bits per heavy atom. The van der Waals surface area contributed by atoms with Crippen molar-refractivity contribution in [3.63, 3.8) is 0 Å². The number of benzene rings is 3. The van der Waals surface area contributed by atoms with Crippen molar-refractivity contribution in [3.05, 3.63) is 83.4 Å². The molecule has 0 aromatic heterocycles. The van der Waals surface area contributed by atoms with Crippen molar-refractivity contribution in [2.45, 2.75) is 39.3 Å². The third kappa shape index (κ3) is 6.99. The average molecular weight is 555 g/mol. The first kappa shape index (κ1) is 28.7. The number of anilines is 2. The Bertz CT molecular complexity index is 1400. The molecule has 0 bridgehead atoms. The lowest BCUT2D eigenvalue weighted by molar-refractivity contribution is -0.151. The van der Waals surface area contributed by atoms with E-state index in [-0.39, 0.29) is 30.5 Å². The molecule has 4 rings (SSSR count). The first-order valence-electron chi connectivity index (χ1n) is 12.7. The normalized spacial score (nSPS) is 15.3. The van der Waals surface area contributed by atoms with Gasteiger partial charge in [-0.3, -0.25) is 14.4 Å². The van der Waals surface area contributed by atoms with Crippen LogP contribution in [0.2, 0.25) is 0 Å². The van der Waals surface area contributed by atoms with E-state index in [0.29, 0.717) is 11.4 Å². The van der Waals surface area contributed by atoms with Crippen molar-refractivity contribution < 1.29 is 37.0 Å². The molecule has 2 amide bonds. The van der Waals surface area contributed by atoms with Gasteiger partial charge in [0.05, 0.1) is 11.5 Å². The molecule has 1 saturated heterocycles. The summed E-state index contributed by atoms with van der Waals surface area (Å²) in [6, 6.07) is 17.1. The SMILES string of the molecule is Cc1ccc(C(C)C)c(Oc2ccc(N3C[C@H](C(=O)OCC(=O)Nc4cccc(C(F)(F)F)c4)CC3=O)cc2)c1. The van der Waals surface area contributed by atoms with Gasteiger partial charge in [0.2, 0.25) is 5.91 Å². The fourth-order valence-electron chi connectivity index (χ4n) is 4.37. The third-order valence-electron chi connectivity index (χ3n) is 6.44. The van der Waals surface area contributed by atoms with Crippen molar-refractivity contribution >= 4 is 29.2 Å². The minimum absolute atomic E-state index is 0.0719. The van der Waals surface area contributed by atoms with Crippen LogP contribution >= 0.6 is 0 Å². The van der Waals surface area contributed by atoms with E-state index >= 15 is 0 Å². The van der Waals surface area contributed by atoms with Gasteiger partial charge in [-0.1, -0.05) is 32.0 Å². The lowest BCUT2D eigenvalue weighted by atomic mass is 10.0. The quantitative estimate of drug-likeness (QED) is 0.323. The summed E-state index contributed by atoms with van der Waals surface area (Å²) in [5.41, 5.74) is 1.75. The van der Waals surface area contributed by atoms with E-state index < -0.39 is 36.1 Å². The number of alkyl halides is 3. The number of carbonyl (C=O) groups excluding carboxylic acids is 3. The maximum absolute atomic E-state index is 12.9. The smallest absolute Gasteiger partial charge is 0.416 e. The van der Waals surface area contributed by atoms with Crippen molar-refractivity contribution in [1.82, 2.24) is 0 Å². The van der Waals surface area contributed by atoms with Gasteiger partial charge in [-0.15, -0.1) is 0 Å². The second kappa shape index (κ2) is 11.8. The van der Waals surface area contributed by atoms with Gasteiger partial charge >= 0.3 is 12.1 Å². The molecule has 1 fully saturated rings. The van der Waals surface area contributed by atoms with E-state index in [4.69, 9.17) is 9.47 Å². The Kier molecular flexibility index (Phi) is 8.46. The Hall–Kier alpha value is -4.34. The molecular weight excluding hydrogens is 525 g/mol. The van der Waals surface area contributed by atoms with Crippen LogP contribution in [0.3, 0.4) is 0 Å². The topological polar surface area (TPSA) is 84.9 Å². The number of nitrogens with one attached hydrogen (secondary N) is 1. The highest BCUT2D eigenvalue weighted by Crippen LogP contribution is 2.34. The molecule has 1 heterocycles. The standard InChI is InChI=1S/C30H29F3N2O5/c1-18(2)25-12-7-19(3)13-26(25)40-24-10-8-23(9-11-24)35-16-20(14-28(35)37)29(38)39-17-27(36)34-22-6-4-5-21(15-22)30(31,32)33/h4-13,15,18,20H,14,16-17H2,1-3H3,(H,34,36)/t20-/m1/s1. The highest BCUT2D eigenvalue weighted by molar-refractivity contribution is 6.00. The predicted molar refractivity (Wildman–Crippen MR) is 143 cm³/mol. The average Bonchev–Trinajstić information content (AvgIpc) is 3.29. The van der Waals surface area contributed by atoms with E-state index in [2.05, 4.69) is 19.2 Å². The third-order valence-corrected chi connectivity index (χ3v) is 6.44. The van der Waals surface area contributed by atoms with Gasteiger partial charge in [0.25, 0.3) is 5.91 Å². The van der Waals surface area contributed by atoms with Crippen LogP contribution in [0.4, 0.5) is 24.5 Å². The predicted octanol–water partition coefficient (Wildman–Crippen LogP) is 6.46. The molecule has 1 N–H and O–H groups in total. The number of hydrogen-bond donors (Lipinski definition) is 1. The molecule has 0 unspecified atom stereocenters. The van der Waals surface area contributed by atoms with Gasteiger partial charge in [-0.05, 0) is 72.5 Å². The first-order valence-corrected chi connectivity index (χ1v) is 12.7. The van der Waals surface area contributed by atoms with Gasteiger partial charge in [0.1, 0.15) is 11.5 Å². The van der Waals surface area contributed by atoms with Crippen molar-refractivity contribution in [3.8, 4) is 11.5 Å². The minimum atomic E-state index is -4.56. The Labute approximate surface area is 229 Å². The maximum Gasteiger partial charge on any atom is 0.416 e. The molecule has 10 heteroatoms. The van der Waals surface area contributed by atoms with Crippen LogP contribution in [0, 0.1) is 12.8 Å². The largest absolute Gasteiger partial charge is 0.457 e. The zero-order valence-electron chi connectivity index (χ0n) is 22.2. The van der Waals surface area contributed by atoms with E-state index in [1.165, 1.54) is 11.0 Å². The van der Waals surface area contributed by atoms with Crippen LogP contribution in [0.25, 0.3) is 0 Å². The number of rotatable bonds is 8.